The van der Waals surface area contributed by atoms with Gasteiger partial charge in [0, 0.05) is 23.2 Å². The summed E-state index contributed by atoms with van der Waals surface area (Å²) in [5.74, 6) is 0. The molecule has 2 atom stereocenters. The van der Waals surface area contributed by atoms with E-state index in [1.165, 1.54) is 33.6 Å². The summed E-state index contributed by atoms with van der Waals surface area (Å²) in [6.07, 6.45) is 7.75. The highest BCUT2D eigenvalue weighted by atomic mass is 79.9. The number of piperidine rings is 1. The van der Waals surface area contributed by atoms with E-state index in [9.17, 15) is 0 Å². The first-order valence-electron chi connectivity index (χ1n) is 6.72. The van der Waals surface area contributed by atoms with Gasteiger partial charge >= 0.3 is 0 Å². The van der Waals surface area contributed by atoms with Crippen LogP contribution in [-0.4, -0.2) is 15.6 Å². The first-order chi connectivity index (χ1) is 9.22. The molecule has 0 aliphatic carbocycles. The molecule has 2 unspecified atom stereocenters. The van der Waals surface area contributed by atoms with Gasteiger partial charge in [-0.05, 0) is 54.2 Å². The molecule has 0 amide bonds. The first kappa shape index (κ1) is 13.3. The van der Waals surface area contributed by atoms with Crippen LogP contribution in [0.3, 0.4) is 0 Å². The van der Waals surface area contributed by atoms with E-state index in [0.717, 1.165) is 6.54 Å². The molecule has 2 aromatic rings. The van der Waals surface area contributed by atoms with E-state index in [-0.39, 0.29) is 0 Å². The van der Waals surface area contributed by atoms with Gasteiger partial charge in [-0.15, -0.1) is 11.3 Å². The molecule has 5 heteroatoms. The number of halogens is 1. The highest BCUT2D eigenvalue weighted by Crippen LogP contribution is 2.27. The molecule has 3 nitrogen and oxygen atoms in total. The Bertz CT molecular complexity index is 548. The number of hydrogen-bond acceptors (Lipinski definition) is 3. The van der Waals surface area contributed by atoms with Gasteiger partial charge in [-0.3, -0.25) is 0 Å². The van der Waals surface area contributed by atoms with Crippen LogP contribution in [-0.2, 0) is 6.54 Å². The maximum absolute atomic E-state index is 4.34. The maximum Gasteiger partial charge on any atom is 0.0952 e. The smallest absolute Gasteiger partial charge is 0.0952 e. The molecule has 0 bridgehead atoms. The number of nitrogens with one attached hydrogen (secondary N) is 1. The minimum absolute atomic E-state index is 0.453. The quantitative estimate of drug-likeness (QED) is 0.917. The minimum Gasteiger partial charge on any atom is -0.328 e. The average molecular weight is 340 g/mol. The molecule has 19 heavy (non-hydrogen) atoms. The Morgan fingerprint density at radius 3 is 3.11 bits per heavy atom. The Hall–Kier alpha value is -0.650. The van der Waals surface area contributed by atoms with Crippen LogP contribution in [0.4, 0.5) is 0 Å². The van der Waals surface area contributed by atoms with E-state index in [4.69, 9.17) is 0 Å². The number of nitrogens with zero attached hydrogens (tertiary/aromatic N) is 2. The lowest BCUT2D eigenvalue weighted by Gasteiger charge is -2.29. The molecular weight excluding hydrogens is 322 g/mol. The summed E-state index contributed by atoms with van der Waals surface area (Å²) in [5, 5.41) is 3.68. The van der Waals surface area contributed by atoms with Crippen molar-refractivity contribution in [2.45, 2.75) is 44.8 Å². The van der Waals surface area contributed by atoms with E-state index < -0.39 is 0 Å². The van der Waals surface area contributed by atoms with Crippen LogP contribution in [0.2, 0.25) is 0 Å². The number of rotatable bonds is 3. The Labute approximate surface area is 126 Å². The summed E-state index contributed by atoms with van der Waals surface area (Å²) in [6.45, 7) is 3.18. The topological polar surface area (TPSA) is 29.9 Å². The van der Waals surface area contributed by atoms with E-state index >= 15 is 0 Å². The number of imidazole rings is 1. The fourth-order valence-electron chi connectivity index (χ4n) is 2.73. The van der Waals surface area contributed by atoms with Gasteiger partial charge in [0.15, 0.2) is 0 Å². The van der Waals surface area contributed by atoms with Crippen molar-refractivity contribution < 1.29 is 0 Å². The molecule has 1 aliphatic rings. The van der Waals surface area contributed by atoms with Crippen LogP contribution in [0.5, 0.6) is 0 Å². The molecular formula is C14H18BrN3S. The third-order valence-electron chi connectivity index (χ3n) is 3.67. The van der Waals surface area contributed by atoms with Crippen LogP contribution in [0.25, 0.3) is 0 Å². The second-order valence-electron chi connectivity index (χ2n) is 5.20. The molecule has 3 heterocycles. The zero-order valence-electron chi connectivity index (χ0n) is 11.0. The van der Waals surface area contributed by atoms with Gasteiger partial charge in [0.25, 0.3) is 0 Å². The summed E-state index contributed by atoms with van der Waals surface area (Å²) in [4.78, 5) is 5.70. The number of aromatic nitrogens is 2. The SMILES string of the molecule is CC1CCCC(c2cncn2Cc2ccc(Br)s2)N1. The summed E-state index contributed by atoms with van der Waals surface area (Å²) in [6, 6.07) is 5.35. The third kappa shape index (κ3) is 3.09. The predicted octanol–water partition coefficient (Wildman–Crippen LogP) is 3.96. The Morgan fingerprint density at radius 1 is 1.47 bits per heavy atom. The van der Waals surface area contributed by atoms with Crippen molar-refractivity contribution in [1.82, 2.24) is 14.9 Å². The Kier molecular flexibility index (Phi) is 4.05. The molecule has 102 valence electrons. The largest absolute Gasteiger partial charge is 0.328 e. The van der Waals surface area contributed by atoms with Gasteiger partial charge in [0.2, 0.25) is 0 Å². The lowest BCUT2D eigenvalue weighted by atomic mass is 9.97. The van der Waals surface area contributed by atoms with Crippen LogP contribution in [0, 0.1) is 0 Å². The molecule has 0 aromatic carbocycles. The van der Waals surface area contributed by atoms with Gasteiger partial charge in [0.1, 0.15) is 0 Å². The van der Waals surface area contributed by atoms with E-state index in [1.807, 2.05) is 12.5 Å². The van der Waals surface area contributed by atoms with Crippen LogP contribution in [0.15, 0.2) is 28.4 Å². The Morgan fingerprint density at radius 2 is 2.37 bits per heavy atom. The van der Waals surface area contributed by atoms with Crippen LogP contribution in [0.1, 0.15) is 42.8 Å². The third-order valence-corrected chi connectivity index (χ3v) is 5.28. The monoisotopic (exact) mass is 339 g/mol. The molecule has 1 saturated heterocycles. The maximum atomic E-state index is 4.34. The lowest BCUT2D eigenvalue weighted by Crippen LogP contribution is -2.35. The van der Waals surface area contributed by atoms with Crippen molar-refractivity contribution in [2.24, 2.45) is 0 Å². The van der Waals surface area contributed by atoms with E-state index in [2.05, 4.69) is 49.9 Å². The molecule has 0 radical (unpaired) electrons. The minimum atomic E-state index is 0.453. The van der Waals surface area contributed by atoms with E-state index in [0.29, 0.717) is 12.1 Å². The van der Waals surface area contributed by atoms with Crippen LogP contribution < -0.4 is 5.32 Å². The standard InChI is InChI=1S/C14H18BrN3S/c1-10-3-2-4-12(17-10)13-7-16-9-18(13)8-11-5-6-14(15)19-11/h5-7,9-10,12,17H,2-4,8H2,1H3. The van der Waals surface area contributed by atoms with Gasteiger partial charge in [-0.1, -0.05) is 0 Å². The highest BCUT2D eigenvalue weighted by molar-refractivity contribution is 9.11. The summed E-state index contributed by atoms with van der Waals surface area (Å²) < 4.78 is 3.46. The van der Waals surface area contributed by atoms with Crippen LogP contribution >= 0.6 is 27.3 Å². The average Bonchev–Trinajstić information content (AvgIpc) is 2.99. The zero-order valence-corrected chi connectivity index (χ0v) is 13.4. The summed E-state index contributed by atoms with van der Waals surface area (Å²) in [5.41, 5.74) is 1.32. The molecule has 3 rings (SSSR count). The van der Waals surface area contributed by atoms with Gasteiger partial charge in [0.05, 0.1) is 22.4 Å². The zero-order chi connectivity index (χ0) is 13.2. The lowest BCUT2D eigenvalue weighted by molar-refractivity contribution is 0.330. The van der Waals surface area contributed by atoms with Crippen molar-refractivity contribution in [3.8, 4) is 0 Å². The van der Waals surface area contributed by atoms with Crippen molar-refractivity contribution >= 4 is 27.3 Å². The summed E-state index contributed by atoms with van der Waals surface area (Å²) >= 11 is 5.31. The highest BCUT2D eigenvalue weighted by Gasteiger charge is 2.22. The molecule has 2 aromatic heterocycles. The molecule has 1 aliphatic heterocycles. The van der Waals surface area contributed by atoms with Crippen molar-refractivity contribution in [1.29, 1.82) is 0 Å². The van der Waals surface area contributed by atoms with Crippen molar-refractivity contribution in [3.05, 3.63) is 39.0 Å². The normalized spacial score (nSPS) is 23.7. The van der Waals surface area contributed by atoms with Gasteiger partial charge < -0.3 is 9.88 Å². The summed E-state index contributed by atoms with van der Waals surface area (Å²) in [7, 11) is 0. The first-order valence-corrected chi connectivity index (χ1v) is 8.33. The molecule has 1 fully saturated rings. The second kappa shape index (κ2) is 5.77. The number of thiophene rings is 1. The molecule has 0 saturated carbocycles. The van der Waals surface area contributed by atoms with Crippen molar-refractivity contribution in [2.75, 3.05) is 0 Å². The fraction of sp³-hybridized carbons (Fsp3) is 0.500. The molecule has 1 N–H and O–H groups in total. The molecule has 0 spiro atoms. The van der Waals surface area contributed by atoms with Gasteiger partial charge in [-0.25, -0.2) is 4.98 Å². The van der Waals surface area contributed by atoms with Gasteiger partial charge in [-0.2, -0.15) is 0 Å². The predicted molar refractivity (Wildman–Crippen MR) is 82.5 cm³/mol. The van der Waals surface area contributed by atoms with E-state index in [1.54, 1.807) is 11.3 Å². The van der Waals surface area contributed by atoms with Crippen molar-refractivity contribution in [3.63, 3.8) is 0 Å². The Balaban J connectivity index is 1.78. The fourth-order valence-corrected chi connectivity index (χ4v) is 4.21. The second-order valence-corrected chi connectivity index (χ2v) is 7.75. The number of hydrogen-bond donors (Lipinski definition) is 1.